The van der Waals surface area contributed by atoms with Gasteiger partial charge in [0.05, 0.1) is 22.4 Å². The number of halogens is 1. The number of nitrogens with one attached hydrogen (secondary N) is 1. The number of pyridine rings is 1. The summed E-state index contributed by atoms with van der Waals surface area (Å²) in [6, 6.07) is 3.48. The molecule has 0 saturated heterocycles. The van der Waals surface area contributed by atoms with Gasteiger partial charge in [0.1, 0.15) is 0 Å². The van der Waals surface area contributed by atoms with Crippen LogP contribution in [-0.4, -0.2) is 34.9 Å². The number of hydrogen-bond acceptors (Lipinski definition) is 4. The molecular weight excluding hydrogens is 236 g/mol. The Labute approximate surface area is 97.0 Å². The number of aliphatic hydroxyl groups is 1. The molecule has 0 unspecified atom stereocenters. The molecule has 0 atom stereocenters. The van der Waals surface area contributed by atoms with E-state index in [4.69, 9.17) is 16.7 Å². The number of aromatic nitrogens is 1. The molecule has 0 fully saturated rings. The molecule has 0 spiro atoms. The van der Waals surface area contributed by atoms with Crippen molar-refractivity contribution in [3.8, 4) is 0 Å². The third-order valence-electron chi connectivity index (χ3n) is 1.49. The highest BCUT2D eigenvalue weighted by molar-refractivity contribution is 7.99. The first-order chi connectivity index (χ1) is 7.22. The Morgan fingerprint density at radius 2 is 2.40 bits per heavy atom. The second-order valence-electron chi connectivity index (χ2n) is 2.68. The van der Waals surface area contributed by atoms with Gasteiger partial charge in [-0.1, -0.05) is 23.4 Å². The van der Waals surface area contributed by atoms with Crippen LogP contribution in [-0.2, 0) is 4.79 Å². The van der Waals surface area contributed by atoms with Crippen molar-refractivity contribution < 1.29 is 9.90 Å². The van der Waals surface area contributed by atoms with Crippen LogP contribution in [0.1, 0.15) is 0 Å². The summed E-state index contributed by atoms with van der Waals surface area (Å²) in [6.07, 6.45) is 1.54. The molecule has 0 radical (unpaired) electrons. The lowest BCUT2D eigenvalue weighted by molar-refractivity contribution is -0.118. The number of carbonyl (C=O) groups excluding carboxylic acids is 1. The largest absolute Gasteiger partial charge is 0.395 e. The standard InChI is InChI=1S/C9H11ClN2O2S/c10-7-1-2-9(12-5-7)15-6-8(14)11-3-4-13/h1-2,5,13H,3-4,6H2,(H,11,14). The van der Waals surface area contributed by atoms with Gasteiger partial charge in [0, 0.05) is 12.7 Å². The van der Waals surface area contributed by atoms with E-state index in [-0.39, 0.29) is 24.8 Å². The molecule has 82 valence electrons. The van der Waals surface area contributed by atoms with Gasteiger partial charge in [-0.15, -0.1) is 0 Å². The molecule has 1 rings (SSSR count). The van der Waals surface area contributed by atoms with Crippen LogP contribution < -0.4 is 5.32 Å². The number of aliphatic hydroxyl groups excluding tert-OH is 1. The van der Waals surface area contributed by atoms with E-state index in [1.54, 1.807) is 12.1 Å². The zero-order valence-corrected chi connectivity index (χ0v) is 9.51. The summed E-state index contributed by atoms with van der Waals surface area (Å²) in [4.78, 5) is 15.2. The summed E-state index contributed by atoms with van der Waals surface area (Å²) < 4.78 is 0. The number of hydrogen-bond donors (Lipinski definition) is 2. The molecule has 0 aromatic carbocycles. The average molecular weight is 247 g/mol. The summed E-state index contributed by atoms with van der Waals surface area (Å²) in [5, 5.41) is 12.4. The van der Waals surface area contributed by atoms with Crippen molar-refractivity contribution in [2.45, 2.75) is 5.03 Å². The van der Waals surface area contributed by atoms with Gasteiger partial charge in [0.2, 0.25) is 5.91 Å². The van der Waals surface area contributed by atoms with Gasteiger partial charge < -0.3 is 10.4 Å². The molecule has 2 N–H and O–H groups in total. The Morgan fingerprint density at radius 3 is 3.00 bits per heavy atom. The molecule has 0 saturated carbocycles. The molecule has 1 heterocycles. The zero-order chi connectivity index (χ0) is 11.1. The minimum Gasteiger partial charge on any atom is -0.395 e. The highest BCUT2D eigenvalue weighted by Gasteiger charge is 2.02. The van der Waals surface area contributed by atoms with Gasteiger partial charge in [0.25, 0.3) is 0 Å². The first kappa shape index (κ1) is 12.3. The normalized spacial score (nSPS) is 10.0. The van der Waals surface area contributed by atoms with Crippen molar-refractivity contribution in [2.75, 3.05) is 18.9 Å². The summed E-state index contributed by atoms with van der Waals surface area (Å²) >= 11 is 6.99. The van der Waals surface area contributed by atoms with Crippen molar-refractivity contribution in [3.63, 3.8) is 0 Å². The van der Waals surface area contributed by atoms with Crippen LogP contribution in [0, 0.1) is 0 Å². The van der Waals surface area contributed by atoms with E-state index in [1.165, 1.54) is 18.0 Å². The van der Waals surface area contributed by atoms with E-state index < -0.39 is 0 Å². The van der Waals surface area contributed by atoms with Gasteiger partial charge in [-0.25, -0.2) is 4.98 Å². The predicted octanol–water partition coefficient (Wildman–Crippen LogP) is 0.936. The fraction of sp³-hybridized carbons (Fsp3) is 0.333. The number of rotatable bonds is 5. The topological polar surface area (TPSA) is 62.2 Å². The number of thioether (sulfide) groups is 1. The maximum Gasteiger partial charge on any atom is 0.230 e. The lowest BCUT2D eigenvalue weighted by Crippen LogP contribution is -2.27. The highest BCUT2D eigenvalue weighted by atomic mass is 35.5. The third kappa shape index (κ3) is 5.01. The molecule has 1 aromatic rings. The first-order valence-corrected chi connectivity index (χ1v) is 5.70. The fourth-order valence-corrected chi connectivity index (χ4v) is 1.62. The maximum absolute atomic E-state index is 11.1. The van der Waals surface area contributed by atoms with E-state index >= 15 is 0 Å². The van der Waals surface area contributed by atoms with E-state index in [2.05, 4.69) is 10.3 Å². The quantitative estimate of drug-likeness (QED) is 0.759. The van der Waals surface area contributed by atoms with Gasteiger partial charge in [0.15, 0.2) is 0 Å². The molecule has 0 aliphatic rings. The number of nitrogens with zero attached hydrogens (tertiary/aromatic N) is 1. The molecule has 15 heavy (non-hydrogen) atoms. The van der Waals surface area contributed by atoms with Gasteiger partial charge in [-0.05, 0) is 12.1 Å². The van der Waals surface area contributed by atoms with Gasteiger partial charge in [-0.3, -0.25) is 4.79 Å². The van der Waals surface area contributed by atoms with Crippen molar-refractivity contribution >= 4 is 29.3 Å². The SMILES string of the molecule is O=C(CSc1ccc(Cl)cn1)NCCO. The Balaban J connectivity index is 2.30. The van der Waals surface area contributed by atoms with Crippen LogP contribution in [0.25, 0.3) is 0 Å². The minimum atomic E-state index is -0.120. The number of carbonyl (C=O) groups is 1. The van der Waals surface area contributed by atoms with Crippen LogP contribution in [0.2, 0.25) is 5.02 Å². The van der Waals surface area contributed by atoms with Gasteiger partial charge in [-0.2, -0.15) is 0 Å². The van der Waals surface area contributed by atoms with Crippen LogP contribution >= 0.6 is 23.4 Å². The van der Waals surface area contributed by atoms with Crippen molar-refractivity contribution in [2.24, 2.45) is 0 Å². The lowest BCUT2D eigenvalue weighted by Gasteiger charge is -2.02. The smallest absolute Gasteiger partial charge is 0.230 e. The monoisotopic (exact) mass is 246 g/mol. The van der Waals surface area contributed by atoms with E-state index in [9.17, 15) is 4.79 Å². The number of amides is 1. The van der Waals surface area contributed by atoms with E-state index in [0.717, 1.165) is 5.03 Å². The molecule has 0 aliphatic heterocycles. The molecular formula is C9H11ClN2O2S. The van der Waals surface area contributed by atoms with Gasteiger partial charge >= 0.3 is 0 Å². The van der Waals surface area contributed by atoms with E-state index in [0.29, 0.717) is 5.02 Å². The Bertz CT molecular complexity index is 318. The first-order valence-electron chi connectivity index (χ1n) is 4.34. The van der Waals surface area contributed by atoms with Crippen LogP contribution in [0.5, 0.6) is 0 Å². The molecule has 6 heteroatoms. The Morgan fingerprint density at radius 1 is 1.60 bits per heavy atom. The molecule has 1 aromatic heterocycles. The zero-order valence-electron chi connectivity index (χ0n) is 7.94. The van der Waals surface area contributed by atoms with Crippen LogP contribution in [0.4, 0.5) is 0 Å². The lowest BCUT2D eigenvalue weighted by atomic mass is 10.5. The van der Waals surface area contributed by atoms with Crippen molar-refractivity contribution in [1.29, 1.82) is 0 Å². The van der Waals surface area contributed by atoms with Crippen LogP contribution in [0.3, 0.4) is 0 Å². The Hall–Kier alpha value is -0.780. The Kier molecular flexibility index (Phi) is 5.45. The molecule has 0 bridgehead atoms. The summed E-state index contributed by atoms with van der Waals surface area (Å²) in [6.45, 7) is 0.239. The summed E-state index contributed by atoms with van der Waals surface area (Å²) in [5.74, 6) is 0.167. The van der Waals surface area contributed by atoms with Crippen LogP contribution in [0.15, 0.2) is 23.4 Å². The minimum absolute atomic E-state index is 0.0460. The van der Waals surface area contributed by atoms with E-state index in [1.807, 2.05) is 0 Å². The van der Waals surface area contributed by atoms with Crippen molar-refractivity contribution in [3.05, 3.63) is 23.4 Å². The third-order valence-corrected chi connectivity index (χ3v) is 2.65. The summed E-state index contributed by atoms with van der Waals surface area (Å²) in [7, 11) is 0. The summed E-state index contributed by atoms with van der Waals surface area (Å²) in [5.41, 5.74) is 0. The second kappa shape index (κ2) is 6.66. The predicted molar refractivity (Wildman–Crippen MR) is 60.1 cm³/mol. The second-order valence-corrected chi connectivity index (χ2v) is 4.11. The molecule has 1 amide bonds. The molecule has 4 nitrogen and oxygen atoms in total. The molecule has 0 aliphatic carbocycles. The maximum atomic E-state index is 11.1. The average Bonchev–Trinajstić information content (AvgIpc) is 2.25. The fourth-order valence-electron chi connectivity index (χ4n) is 0.833. The van der Waals surface area contributed by atoms with Crippen molar-refractivity contribution in [1.82, 2.24) is 10.3 Å². The highest BCUT2D eigenvalue weighted by Crippen LogP contribution is 2.16.